The summed E-state index contributed by atoms with van der Waals surface area (Å²) in [7, 11) is 0. The Morgan fingerprint density at radius 1 is 1.17 bits per heavy atom. The Bertz CT molecular complexity index is 717. The van der Waals surface area contributed by atoms with Gasteiger partial charge in [0.1, 0.15) is 6.04 Å². The van der Waals surface area contributed by atoms with Crippen LogP contribution in [0, 0.1) is 0 Å². The predicted octanol–water partition coefficient (Wildman–Crippen LogP) is 3.40. The number of ether oxygens (including phenoxy) is 1. The number of alkyl halides is 3. The molecule has 0 spiro atoms. The monoisotopic (exact) mass is 358 g/mol. The first-order valence-corrected chi connectivity index (χ1v) is 7.64. The van der Waals surface area contributed by atoms with Gasteiger partial charge in [-0.2, -0.15) is 0 Å². The van der Waals surface area contributed by atoms with Crippen LogP contribution in [-0.2, 0) is 4.79 Å². The molecule has 2 aromatic rings. The Hall–Kier alpha value is -2.55. The van der Waals surface area contributed by atoms with Crippen LogP contribution in [0.5, 0.6) is 5.75 Å². The molecular weight excluding hydrogens is 345 g/mol. The molecule has 24 heavy (non-hydrogen) atoms. The van der Waals surface area contributed by atoms with Gasteiger partial charge >= 0.3 is 6.36 Å². The van der Waals surface area contributed by atoms with E-state index >= 15 is 0 Å². The average molecular weight is 358 g/mol. The number of thiophene rings is 1. The van der Waals surface area contributed by atoms with E-state index in [9.17, 15) is 22.8 Å². The van der Waals surface area contributed by atoms with Gasteiger partial charge in [0.25, 0.3) is 5.91 Å². The average Bonchev–Trinajstić information content (AvgIpc) is 3.02. The molecule has 2 N–H and O–H groups in total. The van der Waals surface area contributed by atoms with Crippen LogP contribution >= 0.6 is 11.3 Å². The topological polar surface area (TPSA) is 67.4 Å². The van der Waals surface area contributed by atoms with Gasteiger partial charge < -0.3 is 15.4 Å². The lowest BCUT2D eigenvalue weighted by Crippen LogP contribution is -2.41. The Kier molecular flexibility index (Phi) is 5.45. The number of carbonyl (C=O) groups is 2. The summed E-state index contributed by atoms with van der Waals surface area (Å²) in [6.07, 6.45) is -4.88. The first kappa shape index (κ1) is 17.8. The maximum atomic E-state index is 12.4. The van der Waals surface area contributed by atoms with E-state index in [4.69, 9.17) is 0 Å². The maximum Gasteiger partial charge on any atom is 0.573 e. The zero-order valence-electron chi connectivity index (χ0n) is 12.4. The summed E-state index contributed by atoms with van der Waals surface area (Å²) >= 11 is 1.21. The van der Waals surface area contributed by atoms with Crippen molar-refractivity contribution in [3.63, 3.8) is 0 Å². The number of nitrogens with one attached hydrogen (secondary N) is 2. The minimum Gasteiger partial charge on any atom is -0.404 e. The fourth-order valence-electron chi connectivity index (χ4n) is 1.77. The van der Waals surface area contributed by atoms with Crippen molar-refractivity contribution in [2.24, 2.45) is 0 Å². The second-order valence-corrected chi connectivity index (χ2v) is 5.65. The van der Waals surface area contributed by atoms with E-state index in [0.29, 0.717) is 4.88 Å². The zero-order valence-corrected chi connectivity index (χ0v) is 13.2. The zero-order chi connectivity index (χ0) is 17.7. The minimum absolute atomic E-state index is 0.142. The number of carbonyl (C=O) groups excluding carboxylic acids is 2. The standard InChI is InChI=1S/C15H13F3N2O3S/c1-9(19-14(22)12-7-4-8-24-12)13(21)20-10-5-2-3-6-11(10)23-15(16,17)18/h2-9H,1H3,(H,19,22)(H,20,21). The smallest absolute Gasteiger partial charge is 0.404 e. The highest BCUT2D eigenvalue weighted by molar-refractivity contribution is 7.12. The molecule has 1 aromatic heterocycles. The molecule has 1 heterocycles. The molecule has 1 aromatic carbocycles. The van der Waals surface area contributed by atoms with Gasteiger partial charge in [0.05, 0.1) is 10.6 Å². The molecule has 2 amide bonds. The van der Waals surface area contributed by atoms with E-state index in [1.165, 1.54) is 36.5 Å². The van der Waals surface area contributed by atoms with Crippen LogP contribution < -0.4 is 15.4 Å². The molecular formula is C15H13F3N2O3S. The third-order valence-corrected chi connectivity index (χ3v) is 3.73. The molecule has 2 rings (SSSR count). The molecule has 128 valence electrons. The van der Waals surface area contributed by atoms with Crippen LogP contribution in [0.15, 0.2) is 41.8 Å². The third-order valence-electron chi connectivity index (χ3n) is 2.86. The van der Waals surface area contributed by atoms with Crippen LogP contribution in [-0.4, -0.2) is 24.2 Å². The lowest BCUT2D eigenvalue weighted by Gasteiger charge is -2.16. The van der Waals surface area contributed by atoms with Gasteiger partial charge in [-0.05, 0) is 30.5 Å². The van der Waals surface area contributed by atoms with E-state index in [2.05, 4.69) is 15.4 Å². The summed E-state index contributed by atoms with van der Waals surface area (Å²) < 4.78 is 40.9. The number of rotatable bonds is 5. The molecule has 0 saturated heterocycles. The highest BCUT2D eigenvalue weighted by Gasteiger charge is 2.32. The lowest BCUT2D eigenvalue weighted by atomic mass is 10.2. The summed E-state index contributed by atoms with van der Waals surface area (Å²) in [6.45, 7) is 1.42. The first-order chi connectivity index (χ1) is 11.3. The summed E-state index contributed by atoms with van der Waals surface area (Å²) in [5.41, 5.74) is -0.142. The SMILES string of the molecule is CC(NC(=O)c1cccs1)C(=O)Nc1ccccc1OC(F)(F)F. The van der Waals surface area contributed by atoms with Crippen molar-refractivity contribution >= 4 is 28.8 Å². The summed E-state index contributed by atoms with van der Waals surface area (Å²) in [4.78, 5) is 24.4. The van der Waals surface area contributed by atoms with Crippen molar-refractivity contribution < 1.29 is 27.5 Å². The number of hydrogen-bond donors (Lipinski definition) is 2. The van der Waals surface area contributed by atoms with Crippen LogP contribution in [0.2, 0.25) is 0 Å². The summed E-state index contributed by atoms with van der Waals surface area (Å²) in [6, 6.07) is 7.49. The largest absolute Gasteiger partial charge is 0.573 e. The van der Waals surface area contributed by atoms with Gasteiger partial charge in [-0.25, -0.2) is 0 Å². The van der Waals surface area contributed by atoms with Gasteiger partial charge in [0.15, 0.2) is 5.75 Å². The maximum absolute atomic E-state index is 12.4. The minimum atomic E-state index is -4.88. The van der Waals surface area contributed by atoms with E-state index < -0.39 is 30.0 Å². The van der Waals surface area contributed by atoms with E-state index in [-0.39, 0.29) is 5.69 Å². The summed E-state index contributed by atoms with van der Waals surface area (Å²) in [5.74, 6) is -1.64. The van der Waals surface area contributed by atoms with Crippen molar-refractivity contribution in [2.45, 2.75) is 19.3 Å². The van der Waals surface area contributed by atoms with Crippen LogP contribution in [0.1, 0.15) is 16.6 Å². The number of amides is 2. The quantitative estimate of drug-likeness (QED) is 0.861. The van der Waals surface area contributed by atoms with Crippen LogP contribution in [0.3, 0.4) is 0 Å². The molecule has 1 atom stereocenters. The Labute approximate surface area is 139 Å². The molecule has 1 unspecified atom stereocenters. The van der Waals surface area contributed by atoms with E-state index in [1.807, 2.05) is 0 Å². The van der Waals surface area contributed by atoms with Crippen molar-refractivity contribution in [1.82, 2.24) is 5.32 Å². The molecule has 0 radical (unpaired) electrons. The molecule has 9 heteroatoms. The van der Waals surface area contributed by atoms with Crippen LogP contribution in [0.25, 0.3) is 0 Å². The van der Waals surface area contributed by atoms with Crippen molar-refractivity contribution in [2.75, 3.05) is 5.32 Å². The van der Waals surface area contributed by atoms with Gasteiger partial charge in [-0.3, -0.25) is 9.59 Å². The Morgan fingerprint density at radius 2 is 1.88 bits per heavy atom. The first-order valence-electron chi connectivity index (χ1n) is 6.76. The second-order valence-electron chi connectivity index (χ2n) is 4.71. The van der Waals surface area contributed by atoms with Crippen LogP contribution in [0.4, 0.5) is 18.9 Å². The highest BCUT2D eigenvalue weighted by Crippen LogP contribution is 2.29. The fraction of sp³-hybridized carbons (Fsp3) is 0.200. The highest BCUT2D eigenvalue weighted by atomic mass is 32.1. The molecule has 0 saturated carbocycles. The molecule has 0 aliphatic heterocycles. The number of anilines is 1. The third kappa shape index (κ3) is 4.98. The van der Waals surface area contributed by atoms with Gasteiger partial charge in [-0.1, -0.05) is 18.2 Å². The molecule has 0 aliphatic rings. The molecule has 0 bridgehead atoms. The van der Waals surface area contributed by atoms with Crippen molar-refractivity contribution in [3.05, 3.63) is 46.7 Å². The Balaban J connectivity index is 2.02. The van der Waals surface area contributed by atoms with Crippen molar-refractivity contribution in [1.29, 1.82) is 0 Å². The second kappa shape index (κ2) is 7.35. The fourth-order valence-corrected chi connectivity index (χ4v) is 2.39. The number of para-hydroxylation sites is 2. The van der Waals surface area contributed by atoms with Gasteiger partial charge in [0, 0.05) is 0 Å². The lowest BCUT2D eigenvalue weighted by molar-refractivity contribution is -0.274. The van der Waals surface area contributed by atoms with E-state index in [1.54, 1.807) is 17.5 Å². The number of benzene rings is 1. The van der Waals surface area contributed by atoms with E-state index in [0.717, 1.165) is 6.07 Å². The van der Waals surface area contributed by atoms with Gasteiger partial charge in [0.2, 0.25) is 5.91 Å². The molecule has 0 fully saturated rings. The molecule has 5 nitrogen and oxygen atoms in total. The predicted molar refractivity (Wildman–Crippen MR) is 83.0 cm³/mol. The van der Waals surface area contributed by atoms with Crippen molar-refractivity contribution in [3.8, 4) is 5.75 Å². The molecule has 0 aliphatic carbocycles. The normalized spacial score (nSPS) is 12.3. The number of hydrogen-bond acceptors (Lipinski definition) is 4. The number of halogens is 3. The Morgan fingerprint density at radius 3 is 2.50 bits per heavy atom. The summed E-state index contributed by atoms with van der Waals surface area (Å²) in [5, 5.41) is 6.49. The van der Waals surface area contributed by atoms with Gasteiger partial charge in [-0.15, -0.1) is 24.5 Å².